The molecule has 222 valence electrons. The van der Waals surface area contributed by atoms with E-state index in [2.05, 4.69) is 175 Å². The SMILES string of the molecule is Cc1cc(-c2ccccc2)c(-n2c(-c3csc4ccc(-c5ccc6ccccc6c5)cc34)nc3ccccc32)c(-c2ccccc2)c1. The van der Waals surface area contributed by atoms with Gasteiger partial charge in [0, 0.05) is 32.2 Å². The van der Waals surface area contributed by atoms with Crippen molar-refractivity contribution in [1.29, 1.82) is 0 Å². The fraction of sp³-hybridized carbons (Fsp3) is 0.0227. The molecule has 2 nitrogen and oxygen atoms in total. The molecule has 9 aromatic rings. The van der Waals surface area contributed by atoms with Crippen LogP contribution in [0.25, 0.3) is 82.3 Å². The second-order valence-corrected chi connectivity index (χ2v) is 13.0. The Balaban J connectivity index is 1.34. The van der Waals surface area contributed by atoms with Crippen LogP contribution in [0.3, 0.4) is 0 Å². The van der Waals surface area contributed by atoms with E-state index in [1.165, 1.54) is 59.8 Å². The van der Waals surface area contributed by atoms with E-state index >= 15 is 0 Å². The molecular formula is C44H30N2S. The molecule has 2 aromatic heterocycles. The lowest BCUT2D eigenvalue weighted by Gasteiger charge is -2.20. The van der Waals surface area contributed by atoms with Crippen molar-refractivity contribution < 1.29 is 0 Å². The van der Waals surface area contributed by atoms with Gasteiger partial charge in [0.1, 0.15) is 5.82 Å². The van der Waals surface area contributed by atoms with Gasteiger partial charge in [-0.05, 0) is 88.0 Å². The Kier molecular flexibility index (Phi) is 6.58. The predicted octanol–water partition coefficient (Wildman–Crippen LogP) is 12.4. The maximum absolute atomic E-state index is 5.39. The first kappa shape index (κ1) is 27.5. The quantitative estimate of drug-likeness (QED) is 0.188. The Morgan fingerprint density at radius 2 is 1.13 bits per heavy atom. The molecule has 9 rings (SSSR count). The lowest BCUT2D eigenvalue weighted by atomic mass is 9.93. The van der Waals surface area contributed by atoms with Gasteiger partial charge in [0.2, 0.25) is 0 Å². The summed E-state index contributed by atoms with van der Waals surface area (Å²) >= 11 is 1.78. The Bertz CT molecular complexity index is 2510. The van der Waals surface area contributed by atoms with Crippen LogP contribution >= 0.6 is 11.3 Å². The number of para-hydroxylation sites is 2. The summed E-state index contributed by atoms with van der Waals surface area (Å²) < 4.78 is 3.66. The highest BCUT2D eigenvalue weighted by Gasteiger charge is 2.23. The van der Waals surface area contributed by atoms with E-state index in [9.17, 15) is 0 Å². The summed E-state index contributed by atoms with van der Waals surface area (Å²) in [6.07, 6.45) is 0. The van der Waals surface area contributed by atoms with Crippen molar-refractivity contribution in [3.05, 3.63) is 169 Å². The fourth-order valence-electron chi connectivity index (χ4n) is 6.88. The zero-order valence-electron chi connectivity index (χ0n) is 25.9. The van der Waals surface area contributed by atoms with Crippen LogP contribution in [0.5, 0.6) is 0 Å². The molecule has 0 saturated carbocycles. The van der Waals surface area contributed by atoms with Crippen LogP contribution < -0.4 is 0 Å². The van der Waals surface area contributed by atoms with Gasteiger partial charge in [0.05, 0.1) is 16.7 Å². The predicted molar refractivity (Wildman–Crippen MR) is 200 cm³/mol. The molecular weight excluding hydrogens is 589 g/mol. The van der Waals surface area contributed by atoms with E-state index in [-0.39, 0.29) is 0 Å². The topological polar surface area (TPSA) is 17.8 Å². The van der Waals surface area contributed by atoms with Gasteiger partial charge in [-0.1, -0.05) is 115 Å². The van der Waals surface area contributed by atoms with Crippen LogP contribution in [0.2, 0.25) is 0 Å². The first-order valence-corrected chi connectivity index (χ1v) is 16.8. The summed E-state index contributed by atoms with van der Waals surface area (Å²) in [6.45, 7) is 2.19. The minimum atomic E-state index is 0.950. The lowest BCUT2D eigenvalue weighted by Crippen LogP contribution is -2.03. The fourth-order valence-corrected chi connectivity index (χ4v) is 7.80. The highest BCUT2D eigenvalue weighted by Crippen LogP contribution is 2.44. The van der Waals surface area contributed by atoms with Crippen molar-refractivity contribution in [3.8, 4) is 50.5 Å². The van der Waals surface area contributed by atoms with Gasteiger partial charge in [-0.15, -0.1) is 11.3 Å². The van der Waals surface area contributed by atoms with Crippen molar-refractivity contribution in [2.75, 3.05) is 0 Å². The maximum atomic E-state index is 5.39. The number of aryl methyl sites for hydroxylation is 1. The van der Waals surface area contributed by atoms with Gasteiger partial charge in [-0.25, -0.2) is 4.98 Å². The number of aromatic nitrogens is 2. The number of hydrogen-bond acceptors (Lipinski definition) is 2. The summed E-state index contributed by atoms with van der Waals surface area (Å²) in [5, 5.41) is 6.00. The molecule has 0 atom stereocenters. The molecule has 0 radical (unpaired) electrons. The van der Waals surface area contributed by atoms with Crippen molar-refractivity contribution in [3.63, 3.8) is 0 Å². The third kappa shape index (κ3) is 4.75. The highest BCUT2D eigenvalue weighted by molar-refractivity contribution is 7.17. The maximum Gasteiger partial charge on any atom is 0.147 e. The van der Waals surface area contributed by atoms with Crippen LogP contribution in [0.4, 0.5) is 0 Å². The Morgan fingerprint density at radius 3 is 1.87 bits per heavy atom. The summed E-state index contributed by atoms with van der Waals surface area (Å²) in [7, 11) is 0. The second kappa shape index (κ2) is 11.2. The first-order chi connectivity index (χ1) is 23.2. The van der Waals surface area contributed by atoms with Gasteiger partial charge in [-0.3, -0.25) is 4.57 Å². The molecule has 0 amide bonds. The minimum Gasteiger partial charge on any atom is -0.291 e. The number of fused-ring (bicyclic) bond motifs is 3. The van der Waals surface area contributed by atoms with Crippen molar-refractivity contribution >= 4 is 43.2 Å². The zero-order valence-corrected chi connectivity index (χ0v) is 26.7. The smallest absolute Gasteiger partial charge is 0.147 e. The number of thiophene rings is 1. The normalized spacial score (nSPS) is 11.5. The van der Waals surface area contributed by atoms with E-state index in [1.54, 1.807) is 11.3 Å². The van der Waals surface area contributed by atoms with Crippen LogP contribution in [-0.4, -0.2) is 9.55 Å². The van der Waals surface area contributed by atoms with Gasteiger partial charge < -0.3 is 0 Å². The van der Waals surface area contributed by atoms with Gasteiger partial charge >= 0.3 is 0 Å². The molecule has 47 heavy (non-hydrogen) atoms. The van der Waals surface area contributed by atoms with Crippen molar-refractivity contribution in [2.24, 2.45) is 0 Å². The standard InChI is InChI=1S/C44H30N2S/c1-29-24-36(31-13-4-2-5-14-31)43(37(25-29)32-15-6-3-7-16-32)46-41-19-11-10-18-40(41)45-44(46)39-28-47-42-23-22-35(27-38(39)42)34-21-20-30-12-8-9-17-33(30)26-34/h2-28H,1H3. The van der Waals surface area contributed by atoms with Gasteiger partial charge in [0.15, 0.2) is 0 Å². The molecule has 0 N–H and O–H groups in total. The van der Waals surface area contributed by atoms with Crippen LogP contribution in [0, 0.1) is 6.92 Å². The largest absolute Gasteiger partial charge is 0.291 e. The van der Waals surface area contributed by atoms with Crippen LogP contribution in [0.1, 0.15) is 5.56 Å². The van der Waals surface area contributed by atoms with E-state index in [1.807, 2.05) is 0 Å². The molecule has 0 saturated heterocycles. The average Bonchev–Trinajstić information content (AvgIpc) is 3.73. The molecule has 0 aliphatic carbocycles. The van der Waals surface area contributed by atoms with E-state index in [0.29, 0.717) is 0 Å². The molecule has 0 spiro atoms. The van der Waals surface area contributed by atoms with Crippen molar-refractivity contribution in [2.45, 2.75) is 6.92 Å². The van der Waals surface area contributed by atoms with Gasteiger partial charge in [0.25, 0.3) is 0 Å². The molecule has 2 heterocycles. The Labute approximate surface area is 277 Å². The summed E-state index contributed by atoms with van der Waals surface area (Å²) in [5.74, 6) is 0.950. The summed E-state index contributed by atoms with van der Waals surface area (Å²) in [4.78, 5) is 5.39. The molecule has 0 unspecified atom stereocenters. The first-order valence-electron chi connectivity index (χ1n) is 16.0. The van der Waals surface area contributed by atoms with Crippen molar-refractivity contribution in [1.82, 2.24) is 9.55 Å². The molecule has 3 heteroatoms. The summed E-state index contributed by atoms with van der Waals surface area (Å²) in [5.41, 5.74) is 12.7. The second-order valence-electron chi connectivity index (χ2n) is 12.1. The van der Waals surface area contributed by atoms with E-state index in [0.717, 1.165) is 28.1 Å². The molecule has 0 bridgehead atoms. The van der Waals surface area contributed by atoms with E-state index < -0.39 is 0 Å². The van der Waals surface area contributed by atoms with E-state index in [4.69, 9.17) is 4.98 Å². The number of hydrogen-bond donors (Lipinski definition) is 0. The zero-order chi connectivity index (χ0) is 31.3. The van der Waals surface area contributed by atoms with Gasteiger partial charge in [-0.2, -0.15) is 0 Å². The molecule has 0 fully saturated rings. The lowest BCUT2D eigenvalue weighted by molar-refractivity contribution is 1.11. The average molecular weight is 619 g/mol. The molecule has 0 aliphatic rings. The van der Waals surface area contributed by atoms with Crippen LogP contribution in [-0.2, 0) is 0 Å². The Hall–Kier alpha value is -5.77. The van der Waals surface area contributed by atoms with Crippen LogP contribution in [0.15, 0.2) is 163 Å². The monoisotopic (exact) mass is 618 g/mol. The number of nitrogens with zero attached hydrogens (tertiary/aromatic N) is 2. The number of imidazole rings is 1. The minimum absolute atomic E-state index is 0.950. The summed E-state index contributed by atoms with van der Waals surface area (Å²) in [6, 6.07) is 56.8. The number of benzene rings is 7. The molecule has 0 aliphatic heterocycles. The molecule has 7 aromatic carbocycles. The highest BCUT2D eigenvalue weighted by atomic mass is 32.1. The third-order valence-electron chi connectivity index (χ3n) is 9.11. The Morgan fingerprint density at radius 1 is 0.511 bits per heavy atom. The number of rotatable bonds is 5. The third-order valence-corrected chi connectivity index (χ3v) is 10.1.